The van der Waals surface area contributed by atoms with E-state index < -0.39 is 0 Å². The zero-order chi connectivity index (χ0) is 17.1. The average molecular weight is 335 g/mol. The fourth-order valence-corrected chi connectivity index (χ4v) is 2.66. The summed E-state index contributed by atoms with van der Waals surface area (Å²) in [5.41, 5.74) is 2.66. The van der Waals surface area contributed by atoms with Crippen molar-refractivity contribution in [3.63, 3.8) is 0 Å². The molecule has 4 rings (SSSR count). The molecule has 0 atom stereocenters. The summed E-state index contributed by atoms with van der Waals surface area (Å²) >= 11 is 0. The number of carbonyl (C=O) groups excluding carboxylic acids is 1. The second-order valence-corrected chi connectivity index (χ2v) is 5.64. The van der Waals surface area contributed by atoms with Crippen molar-refractivity contribution >= 4 is 11.7 Å². The summed E-state index contributed by atoms with van der Waals surface area (Å²) < 4.78 is 12.6. The Bertz CT molecular complexity index is 891. The van der Waals surface area contributed by atoms with Gasteiger partial charge in [-0.05, 0) is 48.0 Å². The molecular formula is C19H17N3O3. The maximum atomic E-state index is 12.1. The van der Waals surface area contributed by atoms with Crippen molar-refractivity contribution in [2.45, 2.75) is 6.54 Å². The van der Waals surface area contributed by atoms with Gasteiger partial charge in [-0.1, -0.05) is 12.1 Å². The number of rotatable bonds is 4. The number of amides is 2. The molecule has 1 aliphatic rings. The lowest BCUT2D eigenvalue weighted by Crippen LogP contribution is -2.28. The van der Waals surface area contributed by atoms with Gasteiger partial charge in [0.25, 0.3) is 0 Å². The molecule has 0 fully saturated rings. The minimum absolute atomic E-state index is 0.241. The summed E-state index contributed by atoms with van der Waals surface area (Å²) in [5, 5.41) is 5.69. The van der Waals surface area contributed by atoms with Gasteiger partial charge in [0.2, 0.25) is 6.79 Å². The fraction of sp³-hybridized carbons (Fsp3) is 0.105. The molecule has 2 heterocycles. The van der Waals surface area contributed by atoms with Gasteiger partial charge in [0.15, 0.2) is 11.5 Å². The van der Waals surface area contributed by atoms with Crippen LogP contribution >= 0.6 is 0 Å². The lowest BCUT2D eigenvalue weighted by molar-refractivity contribution is 0.174. The van der Waals surface area contributed by atoms with E-state index in [2.05, 4.69) is 10.6 Å². The molecule has 2 N–H and O–H groups in total. The largest absolute Gasteiger partial charge is 0.454 e. The lowest BCUT2D eigenvalue weighted by atomic mass is 10.2. The minimum atomic E-state index is -0.262. The van der Waals surface area contributed by atoms with E-state index in [0.717, 1.165) is 22.7 Å². The molecule has 0 radical (unpaired) electrons. The van der Waals surface area contributed by atoms with Crippen LogP contribution in [0.4, 0.5) is 10.5 Å². The first-order valence-electron chi connectivity index (χ1n) is 7.95. The number of ether oxygens (including phenoxy) is 2. The summed E-state index contributed by atoms with van der Waals surface area (Å²) in [6, 6.07) is 16.9. The van der Waals surface area contributed by atoms with E-state index >= 15 is 0 Å². The molecule has 6 nitrogen and oxygen atoms in total. The van der Waals surface area contributed by atoms with E-state index in [1.165, 1.54) is 0 Å². The van der Waals surface area contributed by atoms with E-state index in [-0.39, 0.29) is 12.8 Å². The third kappa shape index (κ3) is 3.42. The highest BCUT2D eigenvalue weighted by molar-refractivity contribution is 5.89. The van der Waals surface area contributed by atoms with Gasteiger partial charge in [-0.2, -0.15) is 0 Å². The molecule has 1 aromatic heterocycles. The summed E-state index contributed by atoms with van der Waals surface area (Å²) in [6.45, 7) is 0.643. The van der Waals surface area contributed by atoms with Crippen LogP contribution in [0.1, 0.15) is 5.56 Å². The molecule has 0 unspecified atom stereocenters. The van der Waals surface area contributed by atoms with Gasteiger partial charge in [0, 0.05) is 30.3 Å². The first-order chi connectivity index (χ1) is 12.3. The SMILES string of the molecule is O=C(NCc1ccc2c(c1)OCO2)Nc1cccc(-n2cccc2)c1. The highest BCUT2D eigenvalue weighted by atomic mass is 16.7. The maximum absolute atomic E-state index is 12.1. The van der Waals surface area contributed by atoms with Gasteiger partial charge in [0.1, 0.15) is 0 Å². The van der Waals surface area contributed by atoms with E-state index in [9.17, 15) is 4.79 Å². The molecule has 0 saturated heterocycles. The van der Waals surface area contributed by atoms with E-state index in [4.69, 9.17) is 9.47 Å². The lowest BCUT2D eigenvalue weighted by Gasteiger charge is -2.10. The zero-order valence-corrected chi connectivity index (χ0v) is 13.4. The Morgan fingerprint density at radius 1 is 1.00 bits per heavy atom. The normalized spacial score (nSPS) is 12.0. The van der Waals surface area contributed by atoms with Crippen LogP contribution in [0.15, 0.2) is 67.0 Å². The fourth-order valence-electron chi connectivity index (χ4n) is 2.66. The molecule has 0 bridgehead atoms. The van der Waals surface area contributed by atoms with Crippen LogP contribution in [0.25, 0.3) is 5.69 Å². The molecule has 1 aliphatic heterocycles. The zero-order valence-electron chi connectivity index (χ0n) is 13.4. The molecule has 2 aromatic carbocycles. The number of carbonyl (C=O) groups is 1. The molecule has 3 aromatic rings. The standard InChI is InChI=1S/C19H17N3O3/c23-19(20-12-14-6-7-17-18(10-14)25-13-24-17)21-15-4-3-5-16(11-15)22-8-1-2-9-22/h1-11H,12-13H2,(H2,20,21,23). The summed E-state index contributed by atoms with van der Waals surface area (Å²) in [7, 11) is 0. The van der Waals surface area contributed by atoms with E-state index in [0.29, 0.717) is 12.3 Å². The van der Waals surface area contributed by atoms with Gasteiger partial charge < -0.3 is 24.7 Å². The average Bonchev–Trinajstić information content (AvgIpc) is 3.31. The monoisotopic (exact) mass is 335 g/mol. The predicted octanol–water partition coefficient (Wildman–Crippen LogP) is 3.53. The van der Waals surface area contributed by atoms with Crippen molar-refractivity contribution in [3.8, 4) is 17.2 Å². The number of hydrogen-bond acceptors (Lipinski definition) is 3. The third-order valence-electron chi connectivity index (χ3n) is 3.90. The molecule has 126 valence electrons. The van der Waals surface area contributed by atoms with E-state index in [1.807, 2.05) is 71.6 Å². The van der Waals surface area contributed by atoms with Crippen LogP contribution in [0.2, 0.25) is 0 Å². The first-order valence-corrected chi connectivity index (χ1v) is 7.95. The first kappa shape index (κ1) is 15.1. The van der Waals surface area contributed by atoms with Gasteiger partial charge in [0.05, 0.1) is 0 Å². The van der Waals surface area contributed by atoms with Crippen molar-refractivity contribution in [2.24, 2.45) is 0 Å². The Balaban J connectivity index is 1.37. The van der Waals surface area contributed by atoms with Crippen molar-refractivity contribution in [1.29, 1.82) is 0 Å². The number of hydrogen-bond donors (Lipinski definition) is 2. The number of fused-ring (bicyclic) bond motifs is 1. The van der Waals surface area contributed by atoms with Crippen molar-refractivity contribution < 1.29 is 14.3 Å². The number of nitrogens with one attached hydrogen (secondary N) is 2. The topological polar surface area (TPSA) is 64.5 Å². The highest BCUT2D eigenvalue weighted by Gasteiger charge is 2.13. The third-order valence-corrected chi connectivity index (χ3v) is 3.90. The van der Waals surface area contributed by atoms with Crippen LogP contribution < -0.4 is 20.1 Å². The molecule has 0 spiro atoms. The number of benzene rings is 2. The van der Waals surface area contributed by atoms with Gasteiger partial charge >= 0.3 is 6.03 Å². The van der Waals surface area contributed by atoms with Crippen LogP contribution in [0, 0.1) is 0 Å². The second-order valence-electron chi connectivity index (χ2n) is 5.64. The summed E-state index contributed by atoms with van der Waals surface area (Å²) in [4.78, 5) is 12.1. The van der Waals surface area contributed by atoms with Crippen LogP contribution in [-0.4, -0.2) is 17.4 Å². The Labute approximate surface area is 145 Å². The number of aromatic nitrogens is 1. The Morgan fingerprint density at radius 3 is 2.72 bits per heavy atom. The van der Waals surface area contributed by atoms with Crippen LogP contribution in [0.5, 0.6) is 11.5 Å². The van der Waals surface area contributed by atoms with Crippen LogP contribution in [-0.2, 0) is 6.54 Å². The molecule has 25 heavy (non-hydrogen) atoms. The molecular weight excluding hydrogens is 318 g/mol. The van der Waals surface area contributed by atoms with Gasteiger partial charge in [-0.25, -0.2) is 4.79 Å². The summed E-state index contributed by atoms with van der Waals surface area (Å²) in [6.07, 6.45) is 3.91. The van der Waals surface area contributed by atoms with Crippen molar-refractivity contribution in [2.75, 3.05) is 12.1 Å². The Morgan fingerprint density at radius 2 is 1.84 bits per heavy atom. The maximum Gasteiger partial charge on any atom is 0.319 e. The second kappa shape index (κ2) is 6.60. The predicted molar refractivity (Wildman–Crippen MR) is 94.2 cm³/mol. The molecule has 0 aliphatic carbocycles. The smallest absolute Gasteiger partial charge is 0.319 e. The molecule has 0 saturated carbocycles. The Hall–Kier alpha value is -3.41. The summed E-state index contributed by atoms with van der Waals surface area (Å²) in [5.74, 6) is 1.44. The quantitative estimate of drug-likeness (QED) is 0.767. The number of anilines is 1. The molecule has 2 amide bonds. The van der Waals surface area contributed by atoms with E-state index in [1.54, 1.807) is 0 Å². The van der Waals surface area contributed by atoms with Crippen molar-refractivity contribution in [3.05, 3.63) is 72.6 Å². The number of urea groups is 1. The van der Waals surface area contributed by atoms with Crippen molar-refractivity contribution in [1.82, 2.24) is 9.88 Å². The minimum Gasteiger partial charge on any atom is -0.454 e. The molecule has 6 heteroatoms. The van der Waals surface area contributed by atoms with Gasteiger partial charge in [-0.15, -0.1) is 0 Å². The highest BCUT2D eigenvalue weighted by Crippen LogP contribution is 2.32. The Kier molecular flexibility index (Phi) is 4.00. The number of nitrogens with zero attached hydrogens (tertiary/aromatic N) is 1. The van der Waals surface area contributed by atoms with Gasteiger partial charge in [-0.3, -0.25) is 0 Å². The van der Waals surface area contributed by atoms with Crippen LogP contribution in [0.3, 0.4) is 0 Å².